The molecule has 0 amide bonds. The lowest BCUT2D eigenvalue weighted by Gasteiger charge is -2.14. The van der Waals surface area contributed by atoms with Gasteiger partial charge in [-0.15, -0.1) is 0 Å². The molecule has 0 aliphatic heterocycles. The highest BCUT2D eigenvalue weighted by molar-refractivity contribution is 9.10. The second kappa shape index (κ2) is 5.91. The molecular weight excluding hydrogens is 288 g/mol. The molecule has 0 aromatic heterocycles. The van der Waals surface area contributed by atoms with E-state index in [1.165, 1.54) is 21.3 Å². The topological polar surface area (TPSA) is 44.8 Å². The molecular formula is C12H15BrO4. The van der Waals surface area contributed by atoms with Crippen molar-refractivity contribution in [2.24, 2.45) is 0 Å². The Morgan fingerprint density at radius 1 is 1.06 bits per heavy atom. The Morgan fingerprint density at radius 2 is 1.53 bits per heavy atom. The molecule has 5 heteroatoms. The molecule has 0 radical (unpaired) electrons. The maximum atomic E-state index is 12.0. The molecule has 0 spiro atoms. The fraction of sp³-hybridized carbons (Fsp3) is 0.417. The zero-order valence-electron chi connectivity index (χ0n) is 10.2. The first-order valence-corrected chi connectivity index (χ1v) is 5.95. The predicted molar refractivity (Wildman–Crippen MR) is 68.8 cm³/mol. The highest BCUT2D eigenvalue weighted by Gasteiger charge is 2.20. The maximum absolute atomic E-state index is 12.0. The van der Waals surface area contributed by atoms with Crippen LogP contribution in [0.5, 0.6) is 17.2 Å². The van der Waals surface area contributed by atoms with Crippen molar-refractivity contribution in [2.75, 3.05) is 21.3 Å². The number of benzene rings is 1. The monoisotopic (exact) mass is 302 g/mol. The van der Waals surface area contributed by atoms with Crippen LogP contribution in [0.15, 0.2) is 12.1 Å². The van der Waals surface area contributed by atoms with Crippen molar-refractivity contribution < 1.29 is 19.0 Å². The van der Waals surface area contributed by atoms with Gasteiger partial charge in [0.25, 0.3) is 0 Å². The Labute approximate surface area is 109 Å². The summed E-state index contributed by atoms with van der Waals surface area (Å²) in [6.45, 7) is 1.76. The summed E-state index contributed by atoms with van der Waals surface area (Å²) in [7, 11) is 4.57. The van der Waals surface area contributed by atoms with Gasteiger partial charge in [-0.2, -0.15) is 0 Å². The Balaban J connectivity index is 3.33. The van der Waals surface area contributed by atoms with E-state index >= 15 is 0 Å². The van der Waals surface area contributed by atoms with Gasteiger partial charge in [0.05, 0.1) is 31.7 Å². The summed E-state index contributed by atoms with van der Waals surface area (Å²) in [6.07, 6.45) is 0. The highest BCUT2D eigenvalue weighted by Crippen LogP contribution is 2.35. The third kappa shape index (κ3) is 2.91. The number of alkyl halides is 1. The zero-order chi connectivity index (χ0) is 13.0. The molecule has 17 heavy (non-hydrogen) atoms. The number of ether oxygens (including phenoxy) is 3. The summed E-state index contributed by atoms with van der Waals surface area (Å²) in [4.78, 5) is 11.7. The van der Waals surface area contributed by atoms with Crippen molar-refractivity contribution in [2.45, 2.75) is 11.8 Å². The van der Waals surface area contributed by atoms with Gasteiger partial charge in [-0.25, -0.2) is 0 Å². The smallest absolute Gasteiger partial charge is 0.180 e. The predicted octanol–water partition coefficient (Wildman–Crippen LogP) is 2.68. The van der Waals surface area contributed by atoms with Gasteiger partial charge < -0.3 is 14.2 Å². The largest absolute Gasteiger partial charge is 0.496 e. The van der Waals surface area contributed by atoms with Crippen molar-refractivity contribution in [3.8, 4) is 17.2 Å². The lowest BCUT2D eigenvalue weighted by Crippen LogP contribution is -2.12. The van der Waals surface area contributed by atoms with Crippen LogP contribution in [-0.2, 0) is 0 Å². The van der Waals surface area contributed by atoms with E-state index in [9.17, 15) is 4.79 Å². The van der Waals surface area contributed by atoms with Crippen LogP contribution < -0.4 is 14.2 Å². The highest BCUT2D eigenvalue weighted by atomic mass is 79.9. The molecule has 94 valence electrons. The molecule has 0 N–H and O–H groups in total. The summed E-state index contributed by atoms with van der Waals surface area (Å²) in [6, 6.07) is 3.26. The first kappa shape index (κ1) is 13.8. The second-order valence-corrected chi connectivity index (χ2v) is 4.76. The van der Waals surface area contributed by atoms with Crippen molar-refractivity contribution in [3.05, 3.63) is 17.7 Å². The van der Waals surface area contributed by atoms with Gasteiger partial charge in [0.2, 0.25) is 0 Å². The van der Waals surface area contributed by atoms with Crippen LogP contribution in [0.4, 0.5) is 0 Å². The van der Waals surface area contributed by atoms with E-state index in [4.69, 9.17) is 14.2 Å². The van der Waals surface area contributed by atoms with Crippen LogP contribution >= 0.6 is 15.9 Å². The average molecular weight is 303 g/mol. The number of Topliss-reactive ketones (excluding diaryl/α,β-unsaturated/α-hetero) is 1. The Kier molecular flexibility index (Phi) is 4.81. The van der Waals surface area contributed by atoms with Crippen molar-refractivity contribution in [3.63, 3.8) is 0 Å². The molecule has 0 aliphatic carbocycles. The average Bonchev–Trinajstić information content (AvgIpc) is 2.35. The van der Waals surface area contributed by atoms with Gasteiger partial charge in [-0.05, 0) is 13.0 Å². The first-order chi connectivity index (χ1) is 8.04. The van der Waals surface area contributed by atoms with Crippen molar-refractivity contribution >= 4 is 21.7 Å². The van der Waals surface area contributed by atoms with Crippen LogP contribution in [0.1, 0.15) is 17.3 Å². The number of carbonyl (C=O) groups excluding carboxylic acids is 1. The lowest BCUT2D eigenvalue weighted by molar-refractivity contribution is 0.0992. The van der Waals surface area contributed by atoms with Gasteiger partial charge >= 0.3 is 0 Å². The molecule has 0 fully saturated rings. The van der Waals surface area contributed by atoms with E-state index < -0.39 is 0 Å². The van der Waals surface area contributed by atoms with Crippen LogP contribution in [-0.4, -0.2) is 31.9 Å². The standard InChI is InChI=1S/C12H15BrO4/c1-7(13)12(14)8-5-10(16-3)11(17-4)6-9(8)15-2/h5-7H,1-4H3. The SMILES string of the molecule is COc1cc(OC)c(C(=O)C(C)Br)cc1OC. The van der Waals surface area contributed by atoms with Gasteiger partial charge in [0, 0.05) is 6.07 Å². The van der Waals surface area contributed by atoms with E-state index in [-0.39, 0.29) is 10.6 Å². The van der Waals surface area contributed by atoms with Crippen molar-refractivity contribution in [1.82, 2.24) is 0 Å². The minimum Gasteiger partial charge on any atom is -0.496 e. The van der Waals surface area contributed by atoms with Gasteiger partial charge in [0.15, 0.2) is 17.3 Å². The fourth-order valence-corrected chi connectivity index (χ4v) is 1.68. The summed E-state index contributed by atoms with van der Waals surface area (Å²) >= 11 is 3.24. The molecule has 0 saturated carbocycles. The first-order valence-electron chi connectivity index (χ1n) is 5.03. The molecule has 0 saturated heterocycles. The lowest BCUT2D eigenvalue weighted by atomic mass is 10.1. The zero-order valence-corrected chi connectivity index (χ0v) is 11.8. The summed E-state index contributed by atoms with van der Waals surface area (Å²) < 4.78 is 15.5. The number of rotatable bonds is 5. The third-order valence-corrected chi connectivity index (χ3v) is 2.75. The molecule has 1 aromatic carbocycles. The van der Waals surface area contributed by atoms with Crippen LogP contribution in [0, 0.1) is 0 Å². The summed E-state index contributed by atoms with van der Waals surface area (Å²) in [5.74, 6) is 1.44. The van der Waals surface area contributed by atoms with E-state index in [1.807, 2.05) is 0 Å². The number of halogens is 1. The summed E-state index contributed by atoms with van der Waals surface area (Å²) in [5.41, 5.74) is 0.467. The van der Waals surface area contributed by atoms with Gasteiger partial charge in [0.1, 0.15) is 5.75 Å². The van der Waals surface area contributed by atoms with Crippen LogP contribution in [0.25, 0.3) is 0 Å². The normalized spacial score (nSPS) is 11.8. The number of methoxy groups -OCH3 is 3. The molecule has 0 heterocycles. The molecule has 1 aromatic rings. The van der Waals surface area contributed by atoms with Gasteiger partial charge in [-0.1, -0.05) is 15.9 Å². The van der Waals surface area contributed by atoms with E-state index in [0.29, 0.717) is 22.8 Å². The minimum absolute atomic E-state index is 0.0668. The molecule has 1 unspecified atom stereocenters. The Bertz CT molecular complexity index is 415. The number of hydrogen-bond acceptors (Lipinski definition) is 4. The van der Waals surface area contributed by atoms with E-state index in [1.54, 1.807) is 19.1 Å². The number of hydrogen-bond donors (Lipinski definition) is 0. The Morgan fingerprint density at radius 3 is 1.94 bits per heavy atom. The molecule has 4 nitrogen and oxygen atoms in total. The Hall–Kier alpha value is -1.23. The fourth-order valence-electron chi connectivity index (χ4n) is 1.44. The van der Waals surface area contributed by atoms with Crippen LogP contribution in [0.2, 0.25) is 0 Å². The summed E-state index contributed by atoms with van der Waals surface area (Å²) in [5, 5.41) is 0. The van der Waals surface area contributed by atoms with Crippen molar-refractivity contribution in [1.29, 1.82) is 0 Å². The maximum Gasteiger partial charge on any atom is 0.180 e. The number of carbonyl (C=O) groups is 1. The molecule has 0 aliphatic rings. The third-order valence-electron chi connectivity index (χ3n) is 2.33. The second-order valence-electron chi connectivity index (χ2n) is 3.39. The van der Waals surface area contributed by atoms with Crippen LogP contribution in [0.3, 0.4) is 0 Å². The molecule has 1 atom stereocenters. The van der Waals surface area contributed by atoms with E-state index in [0.717, 1.165) is 0 Å². The minimum atomic E-state index is -0.283. The molecule has 0 bridgehead atoms. The quantitative estimate of drug-likeness (QED) is 0.620. The molecule has 1 rings (SSSR count). The van der Waals surface area contributed by atoms with E-state index in [2.05, 4.69) is 15.9 Å². The number of ketones is 1. The van der Waals surface area contributed by atoms with Gasteiger partial charge in [-0.3, -0.25) is 4.79 Å².